The van der Waals surface area contributed by atoms with E-state index in [1.165, 1.54) is 12.5 Å². The van der Waals surface area contributed by atoms with Crippen molar-refractivity contribution in [3.05, 3.63) is 58.6 Å². The smallest absolute Gasteiger partial charge is 0.337 e. The summed E-state index contributed by atoms with van der Waals surface area (Å²) in [5.74, 6) is -0.318. The summed E-state index contributed by atoms with van der Waals surface area (Å²) in [6.07, 6.45) is 0. The molecule has 3 heteroatoms. The molecule has 0 N–H and O–H groups in total. The molecule has 3 rings (SSSR count). The highest BCUT2D eigenvalue weighted by atomic mass is 79.9. The minimum Gasteiger partial charge on any atom is -0.465 e. The van der Waals surface area contributed by atoms with Crippen molar-refractivity contribution in [2.75, 3.05) is 7.11 Å². The second kappa shape index (κ2) is 4.67. The van der Waals surface area contributed by atoms with Gasteiger partial charge in [-0.05, 0) is 55.7 Å². The van der Waals surface area contributed by atoms with E-state index in [-0.39, 0.29) is 5.97 Å². The summed E-state index contributed by atoms with van der Waals surface area (Å²) < 4.78 is 5.76. The first-order valence-electron chi connectivity index (χ1n) is 5.90. The number of fused-ring (bicyclic) bond motifs is 2. The van der Waals surface area contributed by atoms with Gasteiger partial charge in [0.2, 0.25) is 0 Å². The van der Waals surface area contributed by atoms with Crippen molar-refractivity contribution >= 4 is 43.4 Å². The van der Waals surface area contributed by atoms with Crippen LogP contribution in [0.15, 0.2) is 53.0 Å². The third-order valence-electron chi connectivity index (χ3n) is 3.22. The molecule has 0 aliphatic heterocycles. The minimum atomic E-state index is -0.318. The predicted octanol–water partition coefficient (Wildman–Crippen LogP) is 4.54. The fourth-order valence-electron chi connectivity index (χ4n) is 2.25. The normalized spacial score (nSPS) is 10.8. The number of methoxy groups -OCH3 is 1. The molecular formula is C16H11BrO2. The maximum absolute atomic E-state index is 11.6. The van der Waals surface area contributed by atoms with Gasteiger partial charge in [-0.25, -0.2) is 4.79 Å². The Labute approximate surface area is 119 Å². The zero-order chi connectivity index (χ0) is 13.4. The summed E-state index contributed by atoms with van der Waals surface area (Å²) >= 11 is 3.64. The molecule has 3 aromatic carbocycles. The lowest BCUT2D eigenvalue weighted by Gasteiger charge is -2.07. The second-order valence-corrected chi connectivity index (χ2v) is 5.13. The van der Waals surface area contributed by atoms with Crippen molar-refractivity contribution in [3.8, 4) is 0 Å². The number of halogens is 1. The van der Waals surface area contributed by atoms with Gasteiger partial charge >= 0.3 is 5.97 Å². The van der Waals surface area contributed by atoms with Gasteiger partial charge in [-0.2, -0.15) is 0 Å². The van der Waals surface area contributed by atoms with Gasteiger partial charge in [-0.3, -0.25) is 0 Å². The average molecular weight is 315 g/mol. The Hall–Kier alpha value is -1.87. The summed E-state index contributed by atoms with van der Waals surface area (Å²) in [5.41, 5.74) is 0.561. The van der Waals surface area contributed by atoms with E-state index in [0.717, 1.165) is 20.6 Å². The molecule has 0 unspecified atom stereocenters. The number of carbonyl (C=O) groups excluding carboxylic acids is 1. The molecule has 0 saturated heterocycles. The van der Waals surface area contributed by atoms with Crippen molar-refractivity contribution in [2.45, 2.75) is 0 Å². The van der Waals surface area contributed by atoms with Crippen LogP contribution in [-0.2, 0) is 4.74 Å². The fourth-order valence-corrected chi connectivity index (χ4v) is 2.96. The maximum Gasteiger partial charge on any atom is 0.337 e. The molecule has 0 radical (unpaired) electrons. The fraction of sp³-hybridized carbons (Fsp3) is 0.0625. The molecule has 3 aromatic rings. The quantitative estimate of drug-likeness (QED) is 0.487. The molecule has 0 bridgehead atoms. The molecule has 0 atom stereocenters. The third kappa shape index (κ3) is 2.00. The number of hydrogen-bond donors (Lipinski definition) is 0. The Bertz CT molecular complexity index is 793. The van der Waals surface area contributed by atoms with Crippen LogP contribution in [0.1, 0.15) is 10.4 Å². The first kappa shape index (κ1) is 12.2. The van der Waals surface area contributed by atoms with Crippen molar-refractivity contribution < 1.29 is 9.53 Å². The van der Waals surface area contributed by atoms with Gasteiger partial charge < -0.3 is 4.74 Å². The van der Waals surface area contributed by atoms with Gasteiger partial charge in [-0.1, -0.05) is 30.3 Å². The molecule has 0 aromatic heterocycles. The summed E-state index contributed by atoms with van der Waals surface area (Å²) in [5, 5.41) is 4.42. The van der Waals surface area contributed by atoms with E-state index < -0.39 is 0 Å². The Morgan fingerprint density at radius 1 is 1.00 bits per heavy atom. The number of hydrogen-bond acceptors (Lipinski definition) is 2. The van der Waals surface area contributed by atoms with Crippen molar-refractivity contribution in [1.29, 1.82) is 0 Å². The van der Waals surface area contributed by atoms with E-state index in [1.54, 1.807) is 6.07 Å². The first-order chi connectivity index (χ1) is 9.20. The topological polar surface area (TPSA) is 26.3 Å². The van der Waals surface area contributed by atoms with E-state index in [4.69, 9.17) is 4.74 Å². The summed E-state index contributed by atoms with van der Waals surface area (Å²) in [6.45, 7) is 0. The maximum atomic E-state index is 11.6. The lowest BCUT2D eigenvalue weighted by molar-refractivity contribution is 0.0601. The van der Waals surface area contributed by atoms with Crippen molar-refractivity contribution in [3.63, 3.8) is 0 Å². The van der Waals surface area contributed by atoms with Gasteiger partial charge in [0.05, 0.1) is 12.7 Å². The lowest BCUT2D eigenvalue weighted by atomic mass is 10.0. The van der Waals surface area contributed by atoms with Gasteiger partial charge in [0.25, 0.3) is 0 Å². The highest BCUT2D eigenvalue weighted by molar-refractivity contribution is 9.10. The molecule has 19 heavy (non-hydrogen) atoms. The Morgan fingerprint density at radius 3 is 2.53 bits per heavy atom. The summed E-state index contributed by atoms with van der Waals surface area (Å²) in [6, 6.07) is 15.9. The molecule has 0 saturated carbocycles. The van der Waals surface area contributed by atoms with E-state index in [9.17, 15) is 4.79 Å². The van der Waals surface area contributed by atoms with Crippen LogP contribution in [0.2, 0.25) is 0 Å². The Balaban J connectivity index is 2.36. The number of benzene rings is 3. The molecule has 0 fully saturated rings. The number of rotatable bonds is 1. The molecule has 0 spiro atoms. The van der Waals surface area contributed by atoms with Crippen LogP contribution in [0.5, 0.6) is 0 Å². The van der Waals surface area contributed by atoms with Gasteiger partial charge in [0, 0.05) is 4.47 Å². The first-order valence-corrected chi connectivity index (χ1v) is 6.69. The Morgan fingerprint density at radius 2 is 1.74 bits per heavy atom. The molecular weight excluding hydrogens is 304 g/mol. The molecule has 0 aliphatic rings. The molecule has 0 aliphatic carbocycles. The highest BCUT2D eigenvalue weighted by Gasteiger charge is 2.09. The van der Waals surface area contributed by atoms with Crippen molar-refractivity contribution in [2.24, 2.45) is 0 Å². The van der Waals surface area contributed by atoms with Gasteiger partial charge in [0.1, 0.15) is 0 Å². The molecule has 94 valence electrons. The van der Waals surface area contributed by atoms with E-state index in [1.807, 2.05) is 24.3 Å². The van der Waals surface area contributed by atoms with E-state index in [2.05, 4.69) is 34.1 Å². The Kier molecular flexibility index (Phi) is 2.99. The predicted molar refractivity (Wildman–Crippen MR) is 80.5 cm³/mol. The summed E-state index contributed by atoms with van der Waals surface area (Å²) in [4.78, 5) is 11.6. The zero-order valence-electron chi connectivity index (χ0n) is 10.3. The SMILES string of the molecule is COC(=O)c1ccc2cc3ccccc3c(Br)c2c1. The van der Waals surface area contributed by atoms with Crippen LogP contribution in [0.3, 0.4) is 0 Å². The second-order valence-electron chi connectivity index (χ2n) is 4.34. The minimum absolute atomic E-state index is 0.318. The van der Waals surface area contributed by atoms with Crippen LogP contribution in [0, 0.1) is 0 Å². The molecule has 2 nitrogen and oxygen atoms in total. The van der Waals surface area contributed by atoms with Crippen LogP contribution < -0.4 is 0 Å². The van der Waals surface area contributed by atoms with Crippen molar-refractivity contribution in [1.82, 2.24) is 0 Å². The monoisotopic (exact) mass is 314 g/mol. The van der Waals surface area contributed by atoms with Gasteiger partial charge in [0.15, 0.2) is 0 Å². The standard InChI is InChI=1S/C16H11BrO2/c1-19-16(18)12-7-6-11-8-10-4-2-3-5-13(10)15(17)14(11)9-12/h2-9H,1H3. The van der Waals surface area contributed by atoms with E-state index >= 15 is 0 Å². The van der Waals surface area contributed by atoms with Crippen LogP contribution >= 0.6 is 15.9 Å². The lowest BCUT2D eigenvalue weighted by Crippen LogP contribution is -2.00. The molecule has 0 heterocycles. The van der Waals surface area contributed by atoms with E-state index in [0.29, 0.717) is 5.56 Å². The van der Waals surface area contributed by atoms with Gasteiger partial charge in [-0.15, -0.1) is 0 Å². The van der Waals surface area contributed by atoms with Crippen LogP contribution in [0.25, 0.3) is 21.5 Å². The number of esters is 1. The zero-order valence-corrected chi connectivity index (χ0v) is 11.9. The van der Waals surface area contributed by atoms with Crippen LogP contribution in [-0.4, -0.2) is 13.1 Å². The molecule has 0 amide bonds. The number of carbonyl (C=O) groups is 1. The number of ether oxygens (including phenoxy) is 1. The highest BCUT2D eigenvalue weighted by Crippen LogP contribution is 2.33. The summed E-state index contributed by atoms with van der Waals surface area (Å²) in [7, 11) is 1.39. The third-order valence-corrected chi connectivity index (χ3v) is 4.07. The largest absolute Gasteiger partial charge is 0.465 e. The van der Waals surface area contributed by atoms with Crippen LogP contribution in [0.4, 0.5) is 0 Å². The average Bonchev–Trinajstić information content (AvgIpc) is 2.46.